The van der Waals surface area contributed by atoms with E-state index in [2.05, 4.69) is 5.32 Å². The van der Waals surface area contributed by atoms with E-state index in [4.69, 9.17) is 0 Å². The molecule has 116 valence electrons. The first-order chi connectivity index (χ1) is 10.4. The summed E-state index contributed by atoms with van der Waals surface area (Å²) < 4.78 is 24.8. The third kappa shape index (κ3) is 3.65. The number of hydrogen-bond acceptors (Lipinski definition) is 3. The molecule has 0 bridgehead atoms. The molecule has 5 nitrogen and oxygen atoms in total. The van der Waals surface area contributed by atoms with Gasteiger partial charge in [-0.1, -0.05) is 18.2 Å². The van der Waals surface area contributed by atoms with Crippen LogP contribution in [0.5, 0.6) is 0 Å². The zero-order chi connectivity index (χ0) is 16.2. The maximum Gasteiger partial charge on any atom is 0.255 e. The van der Waals surface area contributed by atoms with Crippen LogP contribution in [0.2, 0.25) is 0 Å². The Morgan fingerprint density at radius 1 is 1.05 bits per heavy atom. The molecule has 0 unspecified atom stereocenters. The lowest BCUT2D eigenvalue weighted by Gasteiger charge is -2.18. The number of carbonyl (C=O) groups excluding carboxylic acids is 1. The smallest absolute Gasteiger partial charge is 0.255 e. The van der Waals surface area contributed by atoms with Crippen molar-refractivity contribution in [3.8, 4) is 0 Å². The highest BCUT2D eigenvalue weighted by Gasteiger charge is 2.16. The number of anilines is 2. The zero-order valence-electron chi connectivity index (χ0n) is 12.5. The Hall–Kier alpha value is -2.34. The van der Waals surface area contributed by atoms with E-state index in [1.807, 2.05) is 18.2 Å². The van der Waals surface area contributed by atoms with Gasteiger partial charge in [-0.25, -0.2) is 8.42 Å². The van der Waals surface area contributed by atoms with E-state index in [-0.39, 0.29) is 11.7 Å². The molecule has 0 fully saturated rings. The van der Waals surface area contributed by atoms with Gasteiger partial charge in [0.15, 0.2) is 0 Å². The first-order valence-electron chi connectivity index (χ1n) is 6.87. The molecule has 1 amide bonds. The van der Waals surface area contributed by atoms with Gasteiger partial charge in [-0.05, 0) is 43.3 Å². The summed E-state index contributed by atoms with van der Waals surface area (Å²) in [6.07, 6.45) is 0. The molecule has 0 spiro atoms. The average molecular weight is 318 g/mol. The minimum atomic E-state index is -3.30. The Morgan fingerprint density at radius 3 is 2.18 bits per heavy atom. The van der Waals surface area contributed by atoms with Crippen LogP contribution in [0.1, 0.15) is 17.3 Å². The Labute approximate surface area is 130 Å². The molecule has 0 radical (unpaired) electrons. The Balaban J connectivity index is 2.14. The number of hydrogen-bond donors (Lipinski definition) is 1. The second-order valence-corrected chi connectivity index (χ2v) is 7.02. The van der Waals surface area contributed by atoms with E-state index in [1.165, 1.54) is 11.4 Å². The van der Waals surface area contributed by atoms with Gasteiger partial charge < -0.3 is 5.32 Å². The van der Waals surface area contributed by atoms with Gasteiger partial charge in [0, 0.05) is 18.3 Å². The van der Waals surface area contributed by atoms with Crippen molar-refractivity contribution in [1.82, 2.24) is 0 Å². The summed E-state index contributed by atoms with van der Waals surface area (Å²) in [5, 5.41) is 2.78. The topological polar surface area (TPSA) is 66.5 Å². The summed E-state index contributed by atoms with van der Waals surface area (Å²) in [5.74, 6) is -0.210. The van der Waals surface area contributed by atoms with Crippen molar-refractivity contribution in [2.45, 2.75) is 6.92 Å². The highest BCUT2D eigenvalue weighted by Crippen LogP contribution is 2.18. The van der Waals surface area contributed by atoms with Crippen molar-refractivity contribution in [2.24, 2.45) is 0 Å². The van der Waals surface area contributed by atoms with Gasteiger partial charge in [0.2, 0.25) is 10.0 Å². The number of nitrogens with one attached hydrogen (secondary N) is 1. The fraction of sp³-hybridized carbons (Fsp3) is 0.188. The molecule has 2 rings (SSSR count). The second kappa shape index (κ2) is 6.62. The molecular formula is C16H18N2O3S. The molecule has 22 heavy (non-hydrogen) atoms. The van der Waals surface area contributed by atoms with Gasteiger partial charge in [0.1, 0.15) is 0 Å². The zero-order valence-corrected chi connectivity index (χ0v) is 13.3. The molecule has 6 heteroatoms. The van der Waals surface area contributed by atoms with Crippen LogP contribution in [0.15, 0.2) is 54.6 Å². The van der Waals surface area contributed by atoms with Crippen molar-refractivity contribution in [3.63, 3.8) is 0 Å². The molecule has 0 aromatic heterocycles. The molecule has 0 aliphatic heterocycles. The van der Waals surface area contributed by atoms with Crippen molar-refractivity contribution < 1.29 is 13.2 Å². The van der Waals surface area contributed by atoms with Gasteiger partial charge in [-0.2, -0.15) is 0 Å². The first kappa shape index (κ1) is 16.0. The van der Waals surface area contributed by atoms with Crippen LogP contribution in [0, 0.1) is 0 Å². The number of benzene rings is 2. The van der Waals surface area contributed by atoms with E-state index in [0.29, 0.717) is 16.9 Å². The number of sulfonamides is 1. The summed E-state index contributed by atoms with van der Waals surface area (Å²) in [6, 6.07) is 15.6. The summed E-state index contributed by atoms with van der Waals surface area (Å²) in [6.45, 7) is 1.59. The van der Waals surface area contributed by atoms with Gasteiger partial charge in [-0.15, -0.1) is 0 Å². The first-order valence-corrected chi connectivity index (χ1v) is 8.48. The summed E-state index contributed by atoms with van der Waals surface area (Å²) in [5.41, 5.74) is 1.70. The number of rotatable bonds is 5. The monoisotopic (exact) mass is 318 g/mol. The van der Waals surface area contributed by atoms with Crippen LogP contribution in [-0.4, -0.2) is 27.1 Å². The number of nitrogens with zero attached hydrogens (tertiary/aromatic N) is 1. The van der Waals surface area contributed by atoms with Crippen LogP contribution < -0.4 is 9.62 Å². The molecule has 0 aliphatic carbocycles. The van der Waals surface area contributed by atoms with Crippen LogP contribution in [0.3, 0.4) is 0 Å². The van der Waals surface area contributed by atoms with Crippen molar-refractivity contribution in [2.75, 3.05) is 22.4 Å². The Bertz CT molecular complexity index is 741. The van der Waals surface area contributed by atoms with E-state index in [1.54, 1.807) is 43.3 Å². The van der Waals surface area contributed by atoms with E-state index in [9.17, 15) is 13.2 Å². The molecule has 2 aromatic carbocycles. The highest BCUT2D eigenvalue weighted by atomic mass is 32.2. The van der Waals surface area contributed by atoms with E-state index >= 15 is 0 Å². The highest BCUT2D eigenvalue weighted by molar-refractivity contribution is 7.92. The van der Waals surface area contributed by atoms with Gasteiger partial charge >= 0.3 is 0 Å². The lowest BCUT2D eigenvalue weighted by atomic mass is 10.2. The van der Waals surface area contributed by atoms with E-state index < -0.39 is 10.0 Å². The van der Waals surface area contributed by atoms with Gasteiger partial charge in [0.05, 0.1) is 11.4 Å². The van der Waals surface area contributed by atoms with Crippen LogP contribution in [0.25, 0.3) is 0 Å². The Morgan fingerprint density at radius 2 is 1.64 bits per heavy atom. The molecule has 0 heterocycles. The van der Waals surface area contributed by atoms with Gasteiger partial charge in [0.25, 0.3) is 5.91 Å². The molecule has 2 aromatic rings. The number of amides is 1. The predicted octanol–water partition coefficient (Wildman–Crippen LogP) is 2.72. The van der Waals surface area contributed by atoms with Crippen LogP contribution in [0.4, 0.5) is 11.4 Å². The molecular weight excluding hydrogens is 300 g/mol. The molecule has 0 atom stereocenters. The van der Waals surface area contributed by atoms with Crippen LogP contribution in [-0.2, 0) is 10.0 Å². The minimum Gasteiger partial charge on any atom is -0.322 e. The quantitative estimate of drug-likeness (QED) is 0.922. The number of para-hydroxylation sites is 1. The summed E-state index contributed by atoms with van der Waals surface area (Å²) in [4.78, 5) is 12.1. The fourth-order valence-corrected chi connectivity index (χ4v) is 2.73. The summed E-state index contributed by atoms with van der Waals surface area (Å²) >= 11 is 0. The third-order valence-corrected chi connectivity index (χ3v) is 5.08. The third-order valence-electron chi connectivity index (χ3n) is 3.31. The second-order valence-electron chi connectivity index (χ2n) is 4.74. The van der Waals surface area contributed by atoms with Crippen molar-refractivity contribution >= 4 is 27.3 Å². The number of carbonyl (C=O) groups is 1. The SMILES string of the molecule is CCS(=O)(=O)N(C)c1ccc(C(=O)Nc2ccccc2)cc1. The average Bonchev–Trinajstić information content (AvgIpc) is 2.55. The van der Waals surface area contributed by atoms with Gasteiger partial charge in [-0.3, -0.25) is 9.10 Å². The maximum absolute atomic E-state index is 12.1. The van der Waals surface area contributed by atoms with Crippen LogP contribution >= 0.6 is 0 Å². The molecule has 0 saturated heterocycles. The maximum atomic E-state index is 12.1. The van der Waals surface area contributed by atoms with E-state index in [0.717, 1.165) is 0 Å². The lowest BCUT2D eigenvalue weighted by Crippen LogP contribution is -2.28. The predicted molar refractivity (Wildman–Crippen MR) is 88.7 cm³/mol. The normalized spacial score (nSPS) is 11.0. The summed E-state index contributed by atoms with van der Waals surface area (Å²) in [7, 11) is -1.80. The van der Waals surface area contributed by atoms with Crippen molar-refractivity contribution in [1.29, 1.82) is 0 Å². The largest absolute Gasteiger partial charge is 0.322 e. The lowest BCUT2D eigenvalue weighted by molar-refractivity contribution is 0.102. The standard InChI is InChI=1S/C16H18N2O3S/c1-3-22(20,21)18(2)15-11-9-13(10-12-15)16(19)17-14-7-5-4-6-8-14/h4-12H,3H2,1-2H3,(H,17,19). The minimum absolute atomic E-state index is 0.0275. The Kier molecular flexibility index (Phi) is 4.82. The molecule has 0 aliphatic rings. The molecule has 0 saturated carbocycles. The fourth-order valence-electron chi connectivity index (χ4n) is 1.90. The molecule has 1 N–H and O–H groups in total. The van der Waals surface area contributed by atoms with Crippen molar-refractivity contribution in [3.05, 3.63) is 60.2 Å².